The van der Waals surface area contributed by atoms with E-state index >= 15 is 0 Å². The van der Waals surface area contributed by atoms with E-state index < -0.39 is 0 Å². The average Bonchev–Trinajstić information content (AvgIpc) is 2.95. The Morgan fingerprint density at radius 1 is 1.33 bits per heavy atom. The summed E-state index contributed by atoms with van der Waals surface area (Å²) in [5, 5.41) is 2.78. The van der Waals surface area contributed by atoms with Crippen LogP contribution in [0.15, 0.2) is 23.6 Å². The van der Waals surface area contributed by atoms with E-state index in [0.717, 1.165) is 16.3 Å². The first-order chi connectivity index (χ1) is 8.72. The molecule has 1 aromatic carbocycles. The average molecular weight is 258 g/mol. The molecule has 0 spiro atoms. The zero-order chi connectivity index (χ0) is 12.5. The van der Waals surface area contributed by atoms with Gasteiger partial charge in [0.05, 0.1) is 12.1 Å². The van der Waals surface area contributed by atoms with Crippen LogP contribution in [0.2, 0.25) is 0 Å². The van der Waals surface area contributed by atoms with Crippen LogP contribution in [0.5, 0.6) is 0 Å². The van der Waals surface area contributed by atoms with Gasteiger partial charge < -0.3 is 5.73 Å². The maximum atomic E-state index is 10.9. The van der Waals surface area contributed by atoms with E-state index in [-0.39, 0.29) is 12.3 Å². The number of amides is 1. The lowest BCUT2D eigenvalue weighted by Crippen LogP contribution is -2.13. The van der Waals surface area contributed by atoms with E-state index in [9.17, 15) is 4.79 Å². The summed E-state index contributed by atoms with van der Waals surface area (Å²) in [5.41, 5.74) is 10.2. The second-order valence-electron chi connectivity index (χ2n) is 4.61. The van der Waals surface area contributed by atoms with Gasteiger partial charge in [-0.25, -0.2) is 4.98 Å². The molecule has 0 saturated heterocycles. The van der Waals surface area contributed by atoms with Gasteiger partial charge >= 0.3 is 0 Å². The highest BCUT2D eigenvalue weighted by Crippen LogP contribution is 2.28. The number of nitrogens with two attached hydrogens (primary N) is 1. The smallest absolute Gasteiger partial charge is 0.224 e. The number of thiazole rings is 1. The van der Waals surface area contributed by atoms with E-state index in [4.69, 9.17) is 5.73 Å². The number of carbonyl (C=O) groups excluding carboxylic acids is 1. The van der Waals surface area contributed by atoms with Gasteiger partial charge in [-0.15, -0.1) is 11.3 Å². The SMILES string of the molecule is NC(=O)Cc1nc(-c2ccc3c(c2)CCC3)cs1. The van der Waals surface area contributed by atoms with E-state index in [1.807, 2.05) is 5.38 Å². The van der Waals surface area contributed by atoms with Crippen molar-refractivity contribution >= 4 is 17.2 Å². The summed E-state index contributed by atoms with van der Waals surface area (Å²) in [5.74, 6) is -0.329. The summed E-state index contributed by atoms with van der Waals surface area (Å²) < 4.78 is 0. The van der Waals surface area contributed by atoms with Crippen molar-refractivity contribution in [1.82, 2.24) is 4.98 Å². The Morgan fingerprint density at radius 2 is 2.17 bits per heavy atom. The summed E-state index contributed by atoms with van der Waals surface area (Å²) in [6, 6.07) is 6.55. The van der Waals surface area contributed by atoms with Gasteiger partial charge in [0.15, 0.2) is 0 Å². The molecule has 0 aliphatic heterocycles. The molecule has 2 aromatic rings. The van der Waals surface area contributed by atoms with E-state index in [1.54, 1.807) is 0 Å². The first-order valence-corrected chi connectivity index (χ1v) is 6.95. The van der Waals surface area contributed by atoms with Crippen molar-refractivity contribution in [2.24, 2.45) is 5.73 Å². The van der Waals surface area contributed by atoms with Gasteiger partial charge in [-0.3, -0.25) is 4.79 Å². The van der Waals surface area contributed by atoms with Crippen LogP contribution in [0, 0.1) is 0 Å². The van der Waals surface area contributed by atoms with Crippen LogP contribution in [-0.4, -0.2) is 10.9 Å². The molecule has 18 heavy (non-hydrogen) atoms. The number of fused-ring (bicyclic) bond motifs is 1. The van der Waals surface area contributed by atoms with Gasteiger partial charge in [0.1, 0.15) is 5.01 Å². The van der Waals surface area contributed by atoms with Crippen LogP contribution in [0.25, 0.3) is 11.3 Å². The number of benzene rings is 1. The fourth-order valence-corrected chi connectivity index (χ4v) is 3.22. The Hall–Kier alpha value is -1.68. The molecule has 1 aliphatic rings. The molecular weight excluding hydrogens is 244 g/mol. The van der Waals surface area contributed by atoms with Gasteiger partial charge in [-0.05, 0) is 36.5 Å². The normalized spacial score (nSPS) is 13.6. The number of nitrogens with zero attached hydrogens (tertiary/aromatic N) is 1. The van der Waals surface area contributed by atoms with Crippen LogP contribution in [0.3, 0.4) is 0 Å². The highest BCUT2D eigenvalue weighted by Gasteiger charge is 2.13. The minimum atomic E-state index is -0.329. The number of rotatable bonds is 3. The van der Waals surface area contributed by atoms with Crippen molar-refractivity contribution in [2.75, 3.05) is 0 Å². The molecule has 3 rings (SSSR count). The number of hydrogen-bond donors (Lipinski definition) is 1. The molecule has 1 aromatic heterocycles. The largest absolute Gasteiger partial charge is 0.369 e. The lowest BCUT2D eigenvalue weighted by molar-refractivity contribution is -0.117. The fourth-order valence-electron chi connectivity index (χ4n) is 2.40. The zero-order valence-electron chi connectivity index (χ0n) is 9.98. The van der Waals surface area contributed by atoms with Crippen molar-refractivity contribution in [2.45, 2.75) is 25.7 Å². The van der Waals surface area contributed by atoms with E-state index in [1.165, 1.54) is 41.7 Å². The molecule has 0 unspecified atom stereocenters. The topological polar surface area (TPSA) is 56.0 Å². The quantitative estimate of drug-likeness (QED) is 0.918. The number of carbonyl (C=O) groups is 1. The van der Waals surface area contributed by atoms with Crippen molar-refractivity contribution in [1.29, 1.82) is 0 Å². The van der Waals surface area contributed by atoms with Crippen LogP contribution in [0.1, 0.15) is 22.6 Å². The number of primary amides is 1. The highest BCUT2D eigenvalue weighted by molar-refractivity contribution is 7.10. The molecule has 0 saturated carbocycles. The van der Waals surface area contributed by atoms with Crippen LogP contribution < -0.4 is 5.73 Å². The van der Waals surface area contributed by atoms with Crippen molar-refractivity contribution in [3.05, 3.63) is 39.7 Å². The molecule has 4 heteroatoms. The molecule has 3 nitrogen and oxygen atoms in total. The Balaban J connectivity index is 1.90. The first-order valence-electron chi connectivity index (χ1n) is 6.07. The molecular formula is C14H14N2OS. The summed E-state index contributed by atoms with van der Waals surface area (Å²) >= 11 is 1.49. The maximum absolute atomic E-state index is 10.9. The molecule has 92 valence electrons. The minimum absolute atomic E-state index is 0.232. The third-order valence-electron chi connectivity index (χ3n) is 3.27. The van der Waals surface area contributed by atoms with E-state index in [2.05, 4.69) is 23.2 Å². The second-order valence-corrected chi connectivity index (χ2v) is 5.55. The summed E-state index contributed by atoms with van der Waals surface area (Å²) in [7, 11) is 0. The fraction of sp³-hybridized carbons (Fsp3) is 0.286. The Bertz CT molecular complexity index is 604. The van der Waals surface area contributed by atoms with Gasteiger partial charge in [0.25, 0.3) is 0 Å². The van der Waals surface area contributed by atoms with Gasteiger partial charge in [0.2, 0.25) is 5.91 Å². The molecule has 1 heterocycles. The number of hydrogen-bond acceptors (Lipinski definition) is 3. The predicted molar refractivity (Wildman–Crippen MR) is 72.5 cm³/mol. The second kappa shape index (κ2) is 4.53. The minimum Gasteiger partial charge on any atom is -0.369 e. The van der Waals surface area contributed by atoms with Gasteiger partial charge in [-0.2, -0.15) is 0 Å². The summed E-state index contributed by atoms with van der Waals surface area (Å²) in [4.78, 5) is 15.3. The van der Waals surface area contributed by atoms with Gasteiger partial charge in [-0.1, -0.05) is 12.1 Å². The highest BCUT2D eigenvalue weighted by atomic mass is 32.1. The Morgan fingerprint density at radius 3 is 3.00 bits per heavy atom. The lowest BCUT2D eigenvalue weighted by atomic mass is 10.1. The first kappa shape index (κ1) is 11.4. The zero-order valence-corrected chi connectivity index (χ0v) is 10.8. The molecule has 1 amide bonds. The molecule has 1 aliphatic carbocycles. The van der Waals surface area contributed by atoms with Crippen molar-refractivity contribution in [3.8, 4) is 11.3 Å². The Kier molecular flexibility index (Phi) is 2.88. The number of aryl methyl sites for hydroxylation is 2. The number of aromatic nitrogens is 1. The molecule has 0 fully saturated rings. The van der Waals surface area contributed by atoms with Crippen LogP contribution in [-0.2, 0) is 24.1 Å². The third-order valence-corrected chi connectivity index (χ3v) is 4.12. The molecule has 2 N–H and O–H groups in total. The molecule has 0 atom stereocenters. The van der Waals surface area contributed by atoms with E-state index in [0.29, 0.717) is 0 Å². The summed E-state index contributed by atoms with van der Waals surface area (Å²) in [6.07, 6.45) is 3.85. The maximum Gasteiger partial charge on any atom is 0.224 e. The van der Waals surface area contributed by atoms with Crippen LogP contribution in [0.4, 0.5) is 0 Å². The monoisotopic (exact) mass is 258 g/mol. The predicted octanol–water partition coefficient (Wildman–Crippen LogP) is 2.33. The standard InChI is InChI=1S/C14H14N2OS/c15-13(17)7-14-16-12(8-18-14)11-5-4-9-2-1-3-10(9)6-11/h4-6,8H,1-3,7H2,(H2,15,17). The molecule has 0 bridgehead atoms. The summed E-state index contributed by atoms with van der Waals surface area (Å²) in [6.45, 7) is 0. The third kappa shape index (κ3) is 2.16. The van der Waals surface area contributed by atoms with Gasteiger partial charge in [0, 0.05) is 10.9 Å². The lowest BCUT2D eigenvalue weighted by Gasteiger charge is -2.02. The van der Waals surface area contributed by atoms with Crippen LogP contribution >= 0.6 is 11.3 Å². The van der Waals surface area contributed by atoms with Crippen molar-refractivity contribution in [3.63, 3.8) is 0 Å². The molecule has 0 radical (unpaired) electrons. The Labute approximate surface area is 110 Å². The van der Waals surface area contributed by atoms with Crippen molar-refractivity contribution < 1.29 is 4.79 Å².